The molecule has 0 saturated heterocycles. The summed E-state index contributed by atoms with van der Waals surface area (Å²) in [5, 5.41) is 0. The van der Waals surface area contributed by atoms with Gasteiger partial charge in [-0.2, -0.15) is 9.48 Å². The maximum absolute atomic E-state index is 6.07. The van der Waals surface area contributed by atoms with E-state index in [2.05, 4.69) is 55.6 Å². The average molecular weight is 215 g/mol. The van der Waals surface area contributed by atoms with Gasteiger partial charge in [0.25, 0.3) is 0 Å². The van der Waals surface area contributed by atoms with E-state index in [1.807, 2.05) is 0 Å². The molecule has 0 radical (unpaired) electrons. The maximum atomic E-state index is 6.07. The molecule has 0 aliphatic heterocycles. The molecule has 90 valence electrons. The highest BCUT2D eigenvalue weighted by atomic mass is 16.7. The third kappa shape index (κ3) is 4.89. The number of nitrogens with zero attached hydrogens (tertiary/aromatic N) is 1. The van der Waals surface area contributed by atoms with E-state index in [1.165, 1.54) is 0 Å². The summed E-state index contributed by atoms with van der Waals surface area (Å²) in [5.74, 6) is 1.56. The van der Waals surface area contributed by atoms with E-state index >= 15 is 0 Å². The Kier molecular flexibility index (Phi) is 5.68. The Hall–Kier alpha value is -0.210. The monoisotopic (exact) mass is 215 g/mol. The standard InChI is InChI=1S/C13H29NO/c1-9-14(7,8)15-12(6)13(10(2)3)11(4)5/h10-13H,2,9H2,1,3-8H3/q+2. The van der Waals surface area contributed by atoms with Crippen LogP contribution in [0.1, 0.15) is 34.6 Å². The van der Waals surface area contributed by atoms with Crippen LogP contribution in [0.15, 0.2) is 0 Å². The van der Waals surface area contributed by atoms with E-state index in [1.54, 1.807) is 0 Å². The van der Waals surface area contributed by atoms with Gasteiger partial charge in [0.15, 0.2) is 0 Å². The predicted molar refractivity (Wildman–Crippen MR) is 66.0 cm³/mol. The van der Waals surface area contributed by atoms with Gasteiger partial charge in [0.2, 0.25) is 0 Å². The van der Waals surface area contributed by atoms with Crippen LogP contribution >= 0.6 is 0 Å². The van der Waals surface area contributed by atoms with Crippen molar-refractivity contribution in [1.82, 2.24) is 0 Å². The van der Waals surface area contributed by atoms with Crippen molar-refractivity contribution in [2.75, 3.05) is 20.6 Å². The largest absolute Gasteiger partial charge is 0.200 e. The molecule has 0 heterocycles. The number of hydroxylamine groups is 3. The molecule has 0 fully saturated rings. The van der Waals surface area contributed by atoms with Crippen LogP contribution in [0.2, 0.25) is 0 Å². The highest BCUT2D eigenvalue weighted by molar-refractivity contribution is 4.76. The van der Waals surface area contributed by atoms with E-state index < -0.39 is 0 Å². The second kappa shape index (κ2) is 5.76. The Morgan fingerprint density at radius 2 is 1.60 bits per heavy atom. The molecular formula is C13H29NO+2. The quantitative estimate of drug-likeness (QED) is 0.376. The Labute approximate surface area is 96.2 Å². The molecule has 15 heavy (non-hydrogen) atoms. The van der Waals surface area contributed by atoms with Gasteiger partial charge in [-0.25, -0.2) is 0 Å². The van der Waals surface area contributed by atoms with Crippen LogP contribution in [0.25, 0.3) is 0 Å². The molecule has 3 unspecified atom stereocenters. The minimum absolute atomic E-state index is 0.257. The van der Waals surface area contributed by atoms with E-state index in [9.17, 15) is 0 Å². The van der Waals surface area contributed by atoms with Crippen LogP contribution < -0.4 is 0 Å². The summed E-state index contributed by atoms with van der Waals surface area (Å²) in [6.07, 6.45) is 0.257. The summed E-state index contributed by atoms with van der Waals surface area (Å²) >= 11 is 0. The fourth-order valence-electron chi connectivity index (χ4n) is 2.26. The summed E-state index contributed by atoms with van der Waals surface area (Å²) < 4.78 is 0.622. The first kappa shape index (κ1) is 14.8. The highest BCUT2D eigenvalue weighted by Crippen LogP contribution is 2.27. The van der Waals surface area contributed by atoms with Crippen molar-refractivity contribution in [1.29, 1.82) is 0 Å². The minimum Gasteiger partial charge on any atom is -0.200 e. The number of hydrogen-bond donors (Lipinski definition) is 0. The summed E-state index contributed by atoms with van der Waals surface area (Å²) in [6, 6.07) is 0. The number of quaternary nitrogens is 1. The van der Waals surface area contributed by atoms with E-state index in [0.29, 0.717) is 22.4 Å². The van der Waals surface area contributed by atoms with Gasteiger partial charge >= 0.3 is 0 Å². The lowest BCUT2D eigenvalue weighted by atomic mass is 9.82. The van der Waals surface area contributed by atoms with Crippen molar-refractivity contribution >= 4 is 0 Å². The lowest BCUT2D eigenvalue weighted by Crippen LogP contribution is -2.45. The molecule has 0 N–H and O–H groups in total. The fraction of sp³-hybridized carbons (Fsp3) is 0.923. The Balaban J connectivity index is 4.45. The van der Waals surface area contributed by atoms with Crippen molar-refractivity contribution in [3.05, 3.63) is 6.92 Å². The molecule has 0 aliphatic rings. The first-order chi connectivity index (χ1) is 6.71. The molecular weight excluding hydrogens is 186 g/mol. The molecule has 0 aliphatic carbocycles. The lowest BCUT2D eigenvalue weighted by Gasteiger charge is -2.34. The SMILES string of the molecule is [CH2+]C(C)C(C(C)C)C(C)O[N+](C)(C)CC. The topological polar surface area (TPSA) is 9.23 Å². The van der Waals surface area contributed by atoms with Crippen molar-refractivity contribution in [3.63, 3.8) is 0 Å². The molecule has 2 nitrogen and oxygen atoms in total. The zero-order chi connectivity index (χ0) is 12.2. The van der Waals surface area contributed by atoms with Gasteiger partial charge in [0.05, 0.1) is 26.9 Å². The molecule has 0 bridgehead atoms. The summed E-state index contributed by atoms with van der Waals surface area (Å²) in [4.78, 5) is 6.07. The van der Waals surface area contributed by atoms with E-state index in [-0.39, 0.29) is 6.10 Å². The Bertz CT molecular complexity index is 167. The van der Waals surface area contributed by atoms with Gasteiger partial charge in [0, 0.05) is 5.92 Å². The van der Waals surface area contributed by atoms with Crippen LogP contribution in [0, 0.1) is 24.7 Å². The maximum Gasteiger partial charge on any atom is 0.121 e. The third-order valence-electron chi connectivity index (χ3n) is 3.18. The van der Waals surface area contributed by atoms with Gasteiger partial charge in [-0.1, -0.05) is 13.8 Å². The summed E-state index contributed by atoms with van der Waals surface area (Å²) in [7, 11) is 4.20. The van der Waals surface area contributed by atoms with Crippen molar-refractivity contribution in [2.45, 2.75) is 40.7 Å². The zero-order valence-electron chi connectivity index (χ0n) is 11.6. The van der Waals surface area contributed by atoms with Gasteiger partial charge in [-0.15, -0.1) is 0 Å². The van der Waals surface area contributed by atoms with Crippen LogP contribution in [0.5, 0.6) is 0 Å². The Morgan fingerprint density at radius 1 is 1.13 bits per heavy atom. The first-order valence-corrected chi connectivity index (χ1v) is 6.05. The average Bonchev–Trinajstić information content (AvgIpc) is 2.01. The van der Waals surface area contributed by atoms with Gasteiger partial charge in [-0.05, 0) is 26.7 Å². The van der Waals surface area contributed by atoms with Crippen molar-refractivity contribution < 1.29 is 9.48 Å². The molecule has 0 rings (SSSR count). The van der Waals surface area contributed by atoms with Crippen molar-refractivity contribution in [2.24, 2.45) is 17.8 Å². The van der Waals surface area contributed by atoms with Gasteiger partial charge in [0.1, 0.15) is 12.6 Å². The van der Waals surface area contributed by atoms with Crippen LogP contribution in [-0.2, 0) is 4.84 Å². The molecule has 3 atom stereocenters. The minimum atomic E-state index is 0.257. The predicted octanol–water partition coefficient (Wildman–Crippen LogP) is 3.15. The normalized spacial score (nSPS) is 18.9. The third-order valence-corrected chi connectivity index (χ3v) is 3.18. The highest BCUT2D eigenvalue weighted by Gasteiger charge is 2.33. The summed E-state index contributed by atoms with van der Waals surface area (Å²) in [6.45, 7) is 16.1. The molecule has 0 aromatic rings. The molecule has 0 aromatic heterocycles. The lowest BCUT2D eigenvalue weighted by molar-refractivity contribution is -1.08. The molecule has 0 spiro atoms. The second-order valence-electron chi connectivity index (χ2n) is 5.50. The molecule has 0 aromatic carbocycles. The van der Waals surface area contributed by atoms with Gasteiger partial charge in [-0.3, -0.25) is 0 Å². The van der Waals surface area contributed by atoms with Crippen LogP contribution in [0.3, 0.4) is 0 Å². The zero-order valence-corrected chi connectivity index (χ0v) is 11.6. The molecule has 2 heteroatoms. The van der Waals surface area contributed by atoms with Crippen LogP contribution in [0.4, 0.5) is 0 Å². The Morgan fingerprint density at radius 3 is 1.87 bits per heavy atom. The van der Waals surface area contributed by atoms with Crippen LogP contribution in [-0.4, -0.2) is 31.4 Å². The van der Waals surface area contributed by atoms with E-state index in [0.717, 1.165) is 6.54 Å². The molecule has 0 amide bonds. The van der Waals surface area contributed by atoms with Gasteiger partial charge < -0.3 is 0 Å². The smallest absolute Gasteiger partial charge is 0.121 e. The summed E-state index contributed by atoms with van der Waals surface area (Å²) in [5.41, 5.74) is 0. The molecule has 0 saturated carbocycles. The number of hydrogen-bond acceptors (Lipinski definition) is 1. The van der Waals surface area contributed by atoms with Crippen molar-refractivity contribution in [3.8, 4) is 0 Å². The second-order valence-corrected chi connectivity index (χ2v) is 5.50. The van der Waals surface area contributed by atoms with E-state index in [4.69, 9.17) is 4.84 Å². The fourth-order valence-corrected chi connectivity index (χ4v) is 2.26. The number of rotatable bonds is 6. The first-order valence-electron chi connectivity index (χ1n) is 6.05.